The van der Waals surface area contributed by atoms with Crippen LogP contribution in [0.3, 0.4) is 0 Å². The van der Waals surface area contributed by atoms with Crippen molar-refractivity contribution in [3.8, 4) is 0 Å². The quantitative estimate of drug-likeness (QED) is 0.466. The molecule has 5 heteroatoms. The van der Waals surface area contributed by atoms with Gasteiger partial charge >= 0.3 is 62.7 Å². The van der Waals surface area contributed by atoms with Crippen molar-refractivity contribution in [2.45, 2.75) is 0 Å². The number of hydrogen-bond acceptors (Lipinski definition) is 4. The number of rotatable bonds is 4. The van der Waals surface area contributed by atoms with Gasteiger partial charge in [-0.2, -0.15) is 0 Å². The zero-order valence-electron chi connectivity index (χ0n) is 6.50. The van der Waals surface area contributed by atoms with E-state index in [-0.39, 0.29) is 0 Å². The van der Waals surface area contributed by atoms with Gasteiger partial charge in [-0.25, -0.2) is 0 Å². The first-order valence-corrected chi connectivity index (χ1v) is 7.92. The van der Waals surface area contributed by atoms with E-state index in [0.717, 1.165) is 0 Å². The van der Waals surface area contributed by atoms with E-state index in [1.54, 1.807) is 0 Å². The summed E-state index contributed by atoms with van der Waals surface area (Å²) < 4.78 is 13.0. The Hall–Kier alpha value is 0.723. The predicted octanol–water partition coefficient (Wildman–Crippen LogP) is -1.32. The zero-order valence-corrected chi connectivity index (χ0v) is 8.96. The normalized spacial score (nSPS) is 12.0. The molecule has 0 radical (unpaired) electrons. The summed E-state index contributed by atoms with van der Waals surface area (Å²) in [5, 5.41) is 0. The summed E-state index contributed by atoms with van der Waals surface area (Å²) in [6, 6.07) is 0. The topological polar surface area (TPSA) is 48.1 Å². The Morgan fingerprint density at radius 1 is 0.667 bits per heavy atom. The fourth-order valence-electron chi connectivity index (χ4n) is 0.750. The summed E-state index contributed by atoms with van der Waals surface area (Å²) in [4.78, 5) is 0. The van der Waals surface area contributed by atoms with Crippen molar-refractivity contribution < 1.29 is 21.4 Å². The maximum atomic E-state index is 3.24. The van der Waals surface area contributed by atoms with Crippen LogP contribution in [0.25, 0.3) is 0 Å². The predicted molar refractivity (Wildman–Crippen MR) is 36.2 cm³/mol. The zero-order chi connectivity index (χ0) is 7.33. The first-order chi connectivity index (χ1) is 4.24. The van der Waals surface area contributed by atoms with E-state index in [4.69, 9.17) is 0 Å². The van der Waals surface area contributed by atoms with Gasteiger partial charge in [-0.05, 0) is 0 Å². The van der Waals surface area contributed by atoms with Crippen molar-refractivity contribution in [2.75, 3.05) is 28.2 Å². The van der Waals surface area contributed by atoms with Gasteiger partial charge in [-0.15, -0.1) is 0 Å². The Morgan fingerprint density at radius 3 is 0.889 bits per heavy atom. The third kappa shape index (κ3) is 2.44. The van der Waals surface area contributed by atoms with Crippen LogP contribution in [0.4, 0.5) is 0 Å². The van der Waals surface area contributed by atoms with Crippen LogP contribution in [0.2, 0.25) is 0 Å². The number of nitrogens with one attached hydrogen (secondary N) is 4. The van der Waals surface area contributed by atoms with E-state index >= 15 is 0 Å². The molecular formula is C4H16N4Zr. The fourth-order valence-corrected chi connectivity index (χ4v) is 4.44. The average Bonchev–Trinajstić information content (AvgIpc) is 1.95. The van der Waals surface area contributed by atoms with Crippen molar-refractivity contribution in [3.63, 3.8) is 0 Å². The van der Waals surface area contributed by atoms with Gasteiger partial charge < -0.3 is 0 Å². The second kappa shape index (κ2) is 4.52. The molecule has 0 rings (SSSR count). The Kier molecular flexibility index (Phi) is 4.89. The molecule has 0 aliphatic rings. The van der Waals surface area contributed by atoms with E-state index < -0.39 is 21.4 Å². The minimum absolute atomic E-state index is 1.96. The standard InChI is InChI=1S/4CH4N.Zr/c4*1-2;/h4*2H,1H3;/q4*-1;+4. The van der Waals surface area contributed by atoms with Crippen LogP contribution < -0.4 is 13.0 Å². The molecule has 4 N–H and O–H groups in total. The second-order valence-corrected chi connectivity index (χ2v) is 10.4. The van der Waals surface area contributed by atoms with E-state index in [1.165, 1.54) is 0 Å². The van der Waals surface area contributed by atoms with Crippen molar-refractivity contribution >= 4 is 0 Å². The second-order valence-electron chi connectivity index (χ2n) is 1.75. The third-order valence-corrected chi connectivity index (χ3v) is 8.87. The minimum atomic E-state index is -2.39. The molecular weight excluding hydrogens is 195 g/mol. The van der Waals surface area contributed by atoms with Gasteiger partial charge in [0, 0.05) is 0 Å². The molecule has 9 heavy (non-hydrogen) atoms. The Morgan fingerprint density at radius 2 is 0.889 bits per heavy atom. The summed E-state index contributed by atoms with van der Waals surface area (Å²) in [5.74, 6) is 0. The molecule has 0 aliphatic heterocycles. The summed E-state index contributed by atoms with van der Waals surface area (Å²) >= 11 is -2.39. The molecule has 4 nitrogen and oxygen atoms in total. The molecule has 0 amide bonds. The van der Waals surface area contributed by atoms with E-state index in [0.29, 0.717) is 0 Å². The molecule has 0 aliphatic carbocycles. The van der Waals surface area contributed by atoms with Gasteiger partial charge in [0.15, 0.2) is 0 Å². The van der Waals surface area contributed by atoms with E-state index in [1.807, 2.05) is 28.2 Å². The maximum absolute atomic E-state index is 3.24. The monoisotopic (exact) mass is 210 g/mol. The first-order valence-electron chi connectivity index (χ1n) is 3.00. The first kappa shape index (κ1) is 9.72. The summed E-state index contributed by atoms with van der Waals surface area (Å²) in [5.41, 5.74) is 0. The Labute approximate surface area is 62.8 Å². The van der Waals surface area contributed by atoms with Gasteiger partial charge in [-0.3, -0.25) is 0 Å². The molecule has 0 saturated heterocycles. The van der Waals surface area contributed by atoms with Gasteiger partial charge in [0.1, 0.15) is 0 Å². The van der Waals surface area contributed by atoms with Gasteiger partial charge in [0.05, 0.1) is 0 Å². The molecule has 0 atom stereocenters. The van der Waals surface area contributed by atoms with Crippen molar-refractivity contribution in [1.29, 1.82) is 0 Å². The molecule has 0 aromatic carbocycles. The molecule has 0 aromatic rings. The number of hydrogen-bond donors (Lipinski definition) is 4. The van der Waals surface area contributed by atoms with Crippen LogP contribution in [0.5, 0.6) is 0 Å². The molecule has 0 bridgehead atoms. The van der Waals surface area contributed by atoms with Crippen LogP contribution >= 0.6 is 0 Å². The molecule has 0 heterocycles. The average molecular weight is 211 g/mol. The van der Waals surface area contributed by atoms with Crippen molar-refractivity contribution in [3.05, 3.63) is 0 Å². The summed E-state index contributed by atoms with van der Waals surface area (Å²) in [7, 11) is 7.83. The molecule has 56 valence electrons. The molecule has 0 saturated carbocycles. The summed E-state index contributed by atoms with van der Waals surface area (Å²) in [6.07, 6.45) is 0. The molecule has 0 aromatic heterocycles. The molecule has 0 fully saturated rings. The van der Waals surface area contributed by atoms with Crippen LogP contribution in [0, 0.1) is 0 Å². The Balaban J connectivity index is 3.82. The van der Waals surface area contributed by atoms with Crippen molar-refractivity contribution in [1.82, 2.24) is 13.0 Å². The van der Waals surface area contributed by atoms with Crippen LogP contribution in [-0.4, -0.2) is 28.2 Å². The molecule has 0 spiro atoms. The van der Waals surface area contributed by atoms with Crippen LogP contribution in [0.1, 0.15) is 0 Å². The fraction of sp³-hybridized carbons (Fsp3) is 1.00. The van der Waals surface area contributed by atoms with Crippen LogP contribution in [0.15, 0.2) is 0 Å². The van der Waals surface area contributed by atoms with Crippen LogP contribution in [-0.2, 0) is 21.4 Å². The van der Waals surface area contributed by atoms with Gasteiger partial charge in [-0.1, -0.05) is 0 Å². The van der Waals surface area contributed by atoms with Gasteiger partial charge in [0.25, 0.3) is 0 Å². The SMILES string of the molecule is C[NH][Zr]([NH]C)([NH]C)[NH]C. The third-order valence-electron chi connectivity index (χ3n) is 1.50. The van der Waals surface area contributed by atoms with E-state index in [9.17, 15) is 0 Å². The Bertz CT molecular complexity index is 55.5. The van der Waals surface area contributed by atoms with Gasteiger partial charge in [0.2, 0.25) is 0 Å². The van der Waals surface area contributed by atoms with Crippen molar-refractivity contribution in [2.24, 2.45) is 0 Å². The molecule has 0 unspecified atom stereocenters. The summed E-state index contributed by atoms with van der Waals surface area (Å²) in [6.45, 7) is 0. The van der Waals surface area contributed by atoms with E-state index in [2.05, 4.69) is 13.0 Å².